The van der Waals surface area contributed by atoms with Gasteiger partial charge in [0.1, 0.15) is 17.3 Å². The van der Waals surface area contributed by atoms with Gasteiger partial charge in [-0.05, 0) is 38.1 Å². The molecule has 1 aromatic heterocycles. The smallest absolute Gasteiger partial charge is 0.258 e. The molecule has 0 atom stereocenters. The Morgan fingerprint density at radius 1 is 0.968 bits per heavy atom. The van der Waals surface area contributed by atoms with Gasteiger partial charge < -0.3 is 25.4 Å². The van der Waals surface area contributed by atoms with Crippen LogP contribution >= 0.6 is 0 Å². The predicted molar refractivity (Wildman–Crippen MR) is 121 cm³/mol. The Labute approximate surface area is 182 Å². The van der Waals surface area contributed by atoms with E-state index in [0.29, 0.717) is 36.4 Å². The van der Waals surface area contributed by atoms with E-state index < -0.39 is 0 Å². The molecule has 0 saturated heterocycles. The number of aryl methyl sites for hydroxylation is 2. The average molecular weight is 422 g/mol. The monoisotopic (exact) mass is 421 g/mol. The number of anilines is 3. The van der Waals surface area contributed by atoms with Crippen LogP contribution < -0.4 is 25.4 Å². The molecule has 0 aliphatic rings. The molecule has 0 unspecified atom stereocenters. The lowest BCUT2D eigenvalue weighted by molar-refractivity contribution is -0.123. The summed E-state index contributed by atoms with van der Waals surface area (Å²) in [6, 6.07) is 17.1. The average Bonchev–Trinajstić information content (AvgIpc) is 2.77. The Bertz CT molecular complexity index is 1010. The van der Waals surface area contributed by atoms with Gasteiger partial charge in [0, 0.05) is 36.6 Å². The zero-order chi connectivity index (χ0) is 22.1. The first-order valence-electron chi connectivity index (χ1n) is 9.98. The van der Waals surface area contributed by atoms with Gasteiger partial charge in [-0.1, -0.05) is 23.8 Å². The van der Waals surface area contributed by atoms with Gasteiger partial charge in [-0.15, -0.1) is 0 Å². The molecule has 2 aromatic carbocycles. The Morgan fingerprint density at radius 2 is 1.74 bits per heavy atom. The molecule has 3 rings (SSSR count). The predicted octanol–water partition coefficient (Wildman–Crippen LogP) is 3.45. The molecule has 162 valence electrons. The molecule has 8 heteroatoms. The van der Waals surface area contributed by atoms with Crippen molar-refractivity contribution in [3.63, 3.8) is 0 Å². The number of carbonyl (C=O) groups is 1. The van der Waals surface area contributed by atoms with Crippen molar-refractivity contribution in [1.29, 1.82) is 0 Å². The summed E-state index contributed by atoms with van der Waals surface area (Å²) in [7, 11) is 1.58. The van der Waals surface area contributed by atoms with Gasteiger partial charge in [-0.2, -0.15) is 4.98 Å². The summed E-state index contributed by atoms with van der Waals surface area (Å²) < 4.78 is 10.6. The van der Waals surface area contributed by atoms with Gasteiger partial charge in [0.05, 0.1) is 7.11 Å². The molecule has 0 fully saturated rings. The van der Waals surface area contributed by atoms with Gasteiger partial charge in [0.25, 0.3) is 5.91 Å². The largest absolute Gasteiger partial charge is 0.497 e. The lowest BCUT2D eigenvalue weighted by atomic mass is 10.2. The van der Waals surface area contributed by atoms with Crippen LogP contribution in [0.4, 0.5) is 17.5 Å². The van der Waals surface area contributed by atoms with Crippen LogP contribution in [-0.2, 0) is 4.79 Å². The molecule has 1 heterocycles. The molecule has 8 nitrogen and oxygen atoms in total. The normalized spacial score (nSPS) is 10.3. The van der Waals surface area contributed by atoms with Gasteiger partial charge in [0.15, 0.2) is 6.61 Å². The Balaban J connectivity index is 1.43. The molecule has 31 heavy (non-hydrogen) atoms. The van der Waals surface area contributed by atoms with E-state index >= 15 is 0 Å². The molecular weight excluding hydrogens is 394 g/mol. The number of nitrogens with one attached hydrogen (secondary N) is 3. The van der Waals surface area contributed by atoms with Crippen LogP contribution in [0.15, 0.2) is 54.6 Å². The van der Waals surface area contributed by atoms with Crippen LogP contribution in [0.5, 0.6) is 11.5 Å². The van der Waals surface area contributed by atoms with Crippen molar-refractivity contribution in [2.45, 2.75) is 13.8 Å². The van der Waals surface area contributed by atoms with Crippen molar-refractivity contribution in [2.75, 3.05) is 37.4 Å². The summed E-state index contributed by atoms with van der Waals surface area (Å²) in [5.74, 6) is 2.24. The highest BCUT2D eigenvalue weighted by atomic mass is 16.5. The number of rotatable bonds is 10. The van der Waals surface area contributed by atoms with Crippen molar-refractivity contribution < 1.29 is 14.3 Å². The van der Waals surface area contributed by atoms with Crippen molar-refractivity contribution in [3.05, 3.63) is 65.9 Å². The summed E-state index contributed by atoms with van der Waals surface area (Å²) in [6.45, 7) is 4.78. The second-order valence-electron chi connectivity index (χ2n) is 6.95. The molecule has 0 saturated carbocycles. The molecule has 0 aliphatic carbocycles. The Morgan fingerprint density at radius 3 is 2.52 bits per heavy atom. The van der Waals surface area contributed by atoms with Gasteiger partial charge in [-0.3, -0.25) is 4.79 Å². The number of carbonyl (C=O) groups excluding carboxylic acids is 1. The summed E-state index contributed by atoms with van der Waals surface area (Å²) in [5.41, 5.74) is 2.99. The van der Waals surface area contributed by atoms with Gasteiger partial charge in [-0.25, -0.2) is 4.98 Å². The number of benzene rings is 2. The second kappa shape index (κ2) is 10.8. The van der Waals surface area contributed by atoms with Crippen molar-refractivity contribution in [2.24, 2.45) is 0 Å². The highest BCUT2D eigenvalue weighted by Crippen LogP contribution is 2.19. The second-order valence-corrected chi connectivity index (χ2v) is 6.95. The topological polar surface area (TPSA) is 97.4 Å². The minimum atomic E-state index is -0.212. The third kappa shape index (κ3) is 7.18. The van der Waals surface area contributed by atoms with Crippen LogP contribution in [0.2, 0.25) is 0 Å². The molecule has 1 amide bonds. The zero-order valence-electron chi connectivity index (χ0n) is 17.9. The highest BCUT2D eigenvalue weighted by Gasteiger charge is 2.05. The van der Waals surface area contributed by atoms with E-state index in [1.54, 1.807) is 25.3 Å². The number of hydrogen-bond acceptors (Lipinski definition) is 7. The van der Waals surface area contributed by atoms with E-state index in [-0.39, 0.29) is 12.5 Å². The maximum atomic E-state index is 12.0. The zero-order valence-corrected chi connectivity index (χ0v) is 17.9. The maximum Gasteiger partial charge on any atom is 0.258 e. The molecule has 3 aromatic rings. The molecule has 0 radical (unpaired) electrons. The van der Waals surface area contributed by atoms with Crippen LogP contribution in [0.1, 0.15) is 11.3 Å². The highest BCUT2D eigenvalue weighted by molar-refractivity contribution is 5.77. The number of nitrogens with zero attached hydrogens (tertiary/aromatic N) is 2. The van der Waals surface area contributed by atoms with E-state index in [1.165, 1.54) is 5.56 Å². The molecule has 0 aliphatic heterocycles. The lowest BCUT2D eigenvalue weighted by Gasteiger charge is -2.11. The summed E-state index contributed by atoms with van der Waals surface area (Å²) in [4.78, 5) is 20.8. The first-order valence-corrected chi connectivity index (χ1v) is 9.98. The third-order valence-corrected chi connectivity index (χ3v) is 4.32. The quantitative estimate of drug-likeness (QED) is 0.431. The first-order chi connectivity index (χ1) is 15.0. The minimum Gasteiger partial charge on any atom is -0.497 e. The first kappa shape index (κ1) is 21.9. The van der Waals surface area contributed by atoms with E-state index in [9.17, 15) is 4.79 Å². The van der Waals surface area contributed by atoms with Gasteiger partial charge >= 0.3 is 0 Å². The third-order valence-electron chi connectivity index (χ3n) is 4.32. The van der Waals surface area contributed by atoms with Crippen molar-refractivity contribution in [1.82, 2.24) is 15.3 Å². The van der Waals surface area contributed by atoms with Crippen molar-refractivity contribution >= 4 is 23.4 Å². The fourth-order valence-electron chi connectivity index (χ4n) is 2.76. The fourth-order valence-corrected chi connectivity index (χ4v) is 2.76. The lowest BCUT2D eigenvalue weighted by Crippen LogP contribution is -2.32. The fraction of sp³-hybridized carbons (Fsp3) is 0.261. The SMILES string of the molecule is COc1cccc(OCC(=O)NCCNc2nc(C)cc(Nc3ccc(C)cc3)n2)c1. The van der Waals surface area contributed by atoms with Gasteiger partial charge in [0.2, 0.25) is 5.95 Å². The minimum absolute atomic E-state index is 0.0707. The van der Waals surface area contributed by atoms with E-state index in [1.807, 2.05) is 50.2 Å². The van der Waals surface area contributed by atoms with Crippen LogP contribution in [-0.4, -0.2) is 42.7 Å². The molecule has 0 bridgehead atoms. The maximum absolute atomic E-state index is 12.0. The van der Waals surface area contributed by atoms with E-state index in [4.69, 9.17) is 9.47 Å². The Kier molecular flexibility index (Phi) is 7.64. The number of hydrogen-bond donors (Lipinski definition) is 3. The number of aromatic nitrogens is 2. The number of ether oxygens (including phenoxy) is 2. The van der Waals surface area contributed by atoms with Crippen LogP contribution in [0, 0.1) is 13.8 Å². The summed E-state index contributed by atoms with van der Waals surface area (Å²) in [6.07, 6.45) is 0. The standard InChI is InChI=1S/C23H27N5O3/c1-16-7-9-18(10-8-16)27-21-13-17(2)26-23(28-21)25-12-11-24-22(29)15-31-20-6-4-5-19(14-20)30-3/h4-10,13-14H,11-12,15H2,1-3H3,(H,24,29)(H2,25,26,27,28). The summed E-state index contributed by atoms with van der Waals surface area (Å²) in [5, 5.41) is 9.20. The summed E-state index contributed by atoms with van der Waals surface area (Å²) >= 11 is 0. The van der Waals surface area contributed by atoms with Crippen LogP contribution in [0.25, 0.3) is 0 Å². The molecule has 3 N–H and O–H groups in total. The number of amides is 1. The number of methoxy groups -OCH3 is 1. The van der Waals surface area contributed by atoms with E-state index in [0.717, 1.165) is 11.4 Å². The van der Waals surface area contributed by atoms with Crippen LogP contribution in [0.3, 0.4) is 0 Å². The molecular formula is C23H27N5O3. The Hall–Kier alpha value is -3.81. The molecule has 0 spiro atoms. The van der Waals surface area contributed by atoms with Crippen molar-refractivity contribution in [3.8, 4) is 11.5 Å². The van der Waals surface area contributed by atoms with E-state index in [2.05, 4.69) is 25.9 Å².